The van der Waals surface area contributed by atoms with Crippen molar-refractivity contribution in [3.8, 4) is 5.75 Å². The Kier molecular flexibility index (Phi) is 2.78. The van der Waals surface area contributed by atoms with E-state index in [0.717, 1.165) is 10.9 Å². The number of halogens is 2. The molecule has 0 aliphatic heterocycles. The molecule has 0 aliphatic carbocycles. The molecular formula is C11H12F2N2O. The lowest BCUT2D eigenvalue weighted by Gasteiger charge is -2.06. The van der Waals surface area contributed by atoms with Crippen LogP contribution in [0, 0.1) is 0 Å². The number of aromatic amines is 1. The molecule has 0 aliphatic rings. The van der Waals surface area contributed by atoms with Crippen molar-refractivity contribution >= 4 is 10.9 Å². The predicted octanol–water partition coefficient (Wildman–Crippen LogP) is 2.44. The molecule has 5 heteroatoms. The smallest absolute Gasteiger partial charge is 0.259 e. The van der Waals surface area contributed by atoms with E-state index in [2.05, 4.69) is 4.98 Å². The highest BCUT2D eigenvalue weighted by Gasteiger charge is 2.19. The Morgan fingerprint density at radius 2 is 2.06 bits per heavy atom. The van der Waals surface area contributed by atoms with Gasteiger partial charge in [0.2, 0.25) is 0 Å². The molecule has 0 saturated heterocycles. The van der Waals surface area contributed by atoms with Crippen LogP contribution in [0.15, 0.2) is 24.3 Å². The highest BCUT2D eigenvalue weighted by atomic mass is 19.3. The van der Waals surface area contributed by atoms with Crippen LogP contribution < -0.4 is 10.5 Å². The number of methoxy groups -OCH3 is 1. The molecule has 0 radical (unpaired) electrons. The van der Waals surface area contributed by atoms with Crippen LogP contribution in [0.25, 0.3) is 10.9 Å². The van der Waals surface area contributed by atoms with Crippen LogP contribution in [0.5, 0.6) is 5.75 Å². The molecule has 2 aromatic rings. The second-order valence-electron chi connectivity index (χ2n) is 3.54. The number of hydrogen-bond donors (Lipinski definition) is 2. The summed E-state index contributed by atoms with van der Waals surface area (Å²) >= 11 is 0. The highest BCUT2D eigenvalue weighted by Crippen LogP contribution is 2.25. The maximum Gasteiger partial charge on any atom is 0.259 e. The van der Waals surface area contributed by atoms with Gasteiger partial charge >= 0.3 is 0 Å². The lowest BCUT2D eigenvalue weighted by molar-refractivity contribution is 0.115. The van der Waals surface area contributed by atoms with Crippen molar-refractivity contribution in [3.63, 3.8) is 0 Å². The number of nitrogens with one attached hydrogen (secondary N) is 1. The van der Waals surface area contributed by atoms with Crippen molar-refractivity contribution in [2.75, 3.05) is 7.11 Å². The number of aromatic nitrogens is 1. The van der Waals surface area contributed by atoms with Gasteiger partial charge in [0.05, 0.1) is 7.11 Å². The zero-order valence-electron chi connectivity index (χ0n) is 8.71. The standard InChI is InChI=1S/C11H12F2N2O/c1-16-7-3-2-6-4-9(10(14)11(12)13)15-8(6)5-7/h2-5,10-11,15H,14H2,1H3. The topological polar surface area (TPSA) is 51.0 Å². The fourth-order valence-corrected chi connectivity index (χ4v) is 1.57. The molecule has 1 unspecified atom stereocenters. The van der Waals surface area contributed by atoms with Gasteiger partial charge < -0.3 is 15.5 Å². The summed E-state index contributed by atoms with van der Waals surface area (Å²) in [4.78, 5) is 2.87. The van der Waals surface area contributed by atoms with E-state index in [1.165, 1.54) is 0 Å². The fourth-order valence-electron chi connectivity index (χ4n) is 1.57. The van der Waals surface area contributed by atoms with Crippen molar-refractivity contribution < 1.29 is 13.5 Å². The third kappa shape index (κ3) is 1.86. The molecule has 0 amide bonds. The minimum atomic E-state index is -2.57. The molecular weight excluding hydrogens is 214 g/mol. The second-order valence-corrected chi connectivity index (χ2v) is 3.54. The molecule has 0 spiro atoms. The Labute approximate surface area is 91.2 Å². The summed E-state index contributed by atoms with van der Waals surface area (Å²) in [5, 5.41) is 0.840. The van der Waals surface area contributed by atoms with Gasteiger partial charge in [-0.2, -0.15) is 0 Å². The maximum atomic E-state index is 12.4. The largest absolute Gasteiger partial charge is 0.497 e. The van der Waals surface area contributed by atoms with Crippen LogP contribution in [0.1, 0.15) is 11.7 Å². The minimum absolute atomic E-state index is 0.332. The summed E-state index contributed by atoms with van der Waals surface area (Å²) in [5.41, 5.74) is 6.43. The first-order valence-electron chi connectivity index (χ1n) is 4.82. The SMILES string of the molecule is COc1ccc2cc(C(N)C(F)F)[nH]c2c1. The Hall–Kier alpha value is -1.62. The molecule has 2 rings (SSSR count). The lowest BCUT2D eigenvalue weighted by Crippen LogP contribution is -2.19. The van der Waals surface area contributed by atoms with Crippen molar-refractivity contribution in [3.05, 3.63) is 30.0 Å². The second kappa shape index (κ2) is 4.09. The van der Waals surface area contributed by atoms with Gasteiger partial charge in [-0.05, 0) is 23.6 Å². The molecule has 16 heavy (non-hydrogen) atoms. The number of hydrogen-bond acceptors (Lipinski definition) is 2. The summed E-state index contributed by atoms with van der Waals surface area (Å²) < 4.78 is 29.9. The van der Waals surface area contributed by atoms with Crippen LogP contribution in [0.3, 0.4) is 0 Å². The van der Waals surface area contributed by atoms with E-state index in [4.69, 9.17) is 10.5 Å². The third-order valence-corrected chi connectivity index (χ3v) is 2.48. The Balaban J connectivity index is 2.43. The van der Waals surface area contributed by atoms with Crippen molar-refractivity contribution in [2.24, 2.45) is 5.73 Å². The maximum absolute atomic E-state index is 12.4. The number of ether oxygens (including phenoxy) is 1. The molecule has 0 saturated carbocycles. The van der Waals surface area contributed by atoms with Crippen LogP contribution in [-0.4, -0.2) is 18.5 Å². The molecule has 1 aromatic carbocycles. The van der Waals surface area contributed by atoms with Gasteiger partial charge in [0.15, 0.2) is 0 Å². The van der Waals surface area contributed by atoms with E-state index in [0.29, 0.717) is 11.4 Å². The predicted molar refractivity (Wildman–Crippen MR) is 57.8 cm³/mol. The number of fused-ring (bicyclic) bond motifs is 1. The van der Waals surface area contributed by atoms with Crippen molar-refractivity contribution in [1.29, 1.82) is 0 Å². The monoisotopic (exact) mass is 226 g/mol. The summed E-state index contributed by atoms with van der Waals surface area (Å²) in [6, 6.07) is 5.67. The zero-order valence-corrected chi connectivity index (χ0v) is 8.71. The molecule has 1 aromatic heterocycles. The molecule has 0 bridgehead atoms. The summed E-state index contributed by atoms with van der Waals surface area (Å²) in [7, 11) is 1.55. The quantitative estimate of drug-likeness (QED) is 0.844. The van der Waals surface area contributed by atoms with E-state index in [1.54, 1.807) is 31.4 Å². The molecule has 1 atom stereocenters. The van der Waals surface area contributed by atoms with E-state index < -0.39 is 12.5 Å². The van der Waals surface area contributed by atoms with Crippen molar-refractivity contribution in [1.82, 2.24) is 4.98 Å². The zero-order chi connectivity index (χ0) is 11.7. The number of benzene rings is 1. The van der Waals surface area contributed by atoms with Gasteiger partial charge in [-0.15, -0.1) is 0 Å². The van der Waals surface area contributed by atoms with Gasteiger partial charge in [-0.25, -0.2) is 8.78 Å². The van der Waals surface area contributed by atoms with Crippen LogP contribution >= 0.6 is 0 Å². The number of alkyl halides is 2. The van der Waals surface area contributed by atoms with E-state index in [-0.39, 0.29) is 0 Å². The van der Waals surface area contributed by atoms with Gasteiger partial charge in [0.25, 0.3) is 6.43 Å². The first kappa shape index (κ1) is 10.9. The number of H-pyrrole nitrogens is 1. The van der Waals surface area contributed by atoms with Crippen LogP contribution in [-0.2, 0) is 0 Å². The van der Waals surface area contributed by atoms with Crippen LogP contribution in [0.4, 0.5) is 8.78 Å². The molecule has 3 N–H and O–H groups in total. The summed E-state index contributed by atoms with van der Waals surface area (Å²) in [6.45, 7) is 0. The van der Waals surface area contributed by atoms with E-state index in [1.807, 2.05) is 0 Å². The number of nitrogens with two attached hydrogens (primary N) is 1. The first-order chi connectivity index (χ1) is 7.61. The average Bonchev–Trinajstić information content (AvgIpc) is 2.69. The molecule has 0 fully saturated rings. The minimum Gasteiger partial charge on any atom is -0.497 e. The molecule has 1 heterocycles. The van der Waals surface area contributed by atoms with Crippen molar-refractivity contribution in [2.45, 2.75) is 12.5 Å². The molecule has 86 valence electrons. The Morgan fingerprint density at radius 1 is 1.31 bits per heavy atom. The van der Waals surface area contributed by atoms with E-state index in [9.17, 15) is 8.78 Å². The summed E-state index contributed by atoms with van der Waals surface area (Å²) in [5.74, 6) is 0.673. The van der Waals surface area contributed by atoms with E-state index >= 15 is 0 Å². The molecule has 3 nitrogen and oxygen atoms in total. The summed E-state index contributed by atoms with van der Waals surface area (Å²) in [6.07, 6.45) is -2.57. The number of rotatable bonds is 3. The lowest BCUT2D eigenvalue weighted by atomic mass is 10.2. The Bertz CT molecular complexity index is 496. The third-order valence-electron chi connectivity index (χ3n) is 2.48. The Morgan fingerprint density at radius 3 is 2.69 bits per heavy atom. The average molecular weight is 226 g/mol. The first-order valence-corrected chi connectivity index (χ1v) is 4.82. The fraction of sp³-hybridized carbons (Fsp3) is 0.273. The van der Waals surface area contributed by atoms with Crippen LogP contribution in [0.2, 0.25) is 0 Å². The van der Waals surface area contributed by atoms with Gasteiger partial charge in [-0.1, -0.05) is 0 Å². The van der Waals surface area contributed by atoms with Gasteiger partial charge in [0.1, 0.15) is 11.8 Å². The van der Waals surface area contributed by atoms with Gasteiger partial charge in [-0.3, -0.25) is 0 Å². The highest BCUT2D eigenvalue weighted by molar-refractivity contribution is 5.82. The van der Waals surface area contributed by atoms with Gasteiger partial charge in [0, 0.05) is 17.3 Å². The normalized spacial score (nSPS) is 13.3.